The largest absolute Gasteiger partial charge is 0.463 e. The van der Waals surface area contributed by atoms with Crippen molar-refractivity contribution in [3.05, 3.63) is 0 Å². The van der Waals surface area contributed by atoms with E-state index in [9.17, 15) is 9.00 Å². The van der Waals surface area contributed by atoms with Gasteiger partial charge < -0.3 is 4.74 Å². The molecule has 0 aromatic carbocycles. The second kappa shape index (κ2) is 6.98. The number of ether oxygens (including phenoxy) is 1. The molecule has 1 saturated heterocycles. The summed E-state index contributed by atoms with van der Waals surface area (Å²) in [5, 5.41) is 0. The molecule has 0 amide bonds. The molecular formula is C10H18O5S. The zero-order chi connectivity index (χ0) is 12.0. The van der Waals surface area contributed by atoms with E-state index < -0.39 is 23.4 Å². The zero-order valence-electron chi connectivity index (χ0n) is 9.64. The van der Waals surface area contributed by atoms with Gasteiger partial charge in [-0.1, -0.05) is 26.7 Å². The maximum absolute atomic E-state index is 11.5. The molecule has 1 rings (SSSR count). The van der Waals surface area contributed by atoms with E-state index in [1.807, 2.05) is 0 Å². The summed E-state index contributed by atoms with van der Waals surface area (Å²) in [4.78, 5) is 11.5. The van der Waals surface area contributed by atoms with Crippen LogP contribution in [-0.2, 0) is 29.3 Å². The third-order valence-electron chi connectivity index (χ3n) is 2.51. The molecule has 3 atom stereocenters. The topological polar surface area (TPSA) is 61.8 Å². The number of rotatable bonds is 6. The molecule has 0 spiro atoms. The summed E-state index contributed by atoms with van der Waals surface area (Å²) in [6.07, 6.45) is 2.26. The van der Waals surface area contributed by atoms with Crippen molar-refractivity contribution in [1.29, 1.82) is 0 Å². The molecule has 16 heavy (non-hydrogen) atoms. The number of hydrogen-bond acceptors (Lipinski definition) is 5. The summed E-state index contributed by atoms with van der Waals surface area (Å²) in [5.41, 5.74) is 0. The van der Waals surface area contributed by atoms with Crippen molar-refractivity contribution in [2.45, 2.75) is 39.2 Å². The normalized spacial score (nSPS) is 26.6. The van der Waals surface area contributed by atoms with Gasteiger partial charge in [0.25, 0.3) is 0 Å². The van der Waals surface area contributed by atoms with Crippen molar-refractivity contribution in [2.24, 2.45) is 5.92 Å². The number of carbonyl (C=O) groups excluding carboxylic acids is 1. The van der Waals surface area contributed by atoms with Crippen LogP contribution in [-0.4, -0.2) is 29.5 Å². The van der Waals surface area contributed by atoms with Crippen LogP contribution in [0.5, 0.6) is 0 Å². The first-order valence-corrected chi connectivity index (χ1v) is 6.56. The van der Waals surface area contributed by atoms with Crippen LogP contribution in [0.15, 0.2) is 0 Å². The van der Waals surface area contributed by atoms with E-state index in [0.29, 0.717) is 12.5 Å². The Kier molecular flexibility index (Phi) is 5.94. The molecule has 1 fully saturated rings. The lowest BCUT2D eigenvalue weighted by Crippen LogP contribution is -2.27. The van der Waals surface area contributed by atoms with E-state index in [1.165, 1.54) is 0 Å². The van der Waals surface area contributed by atoms with Gasteiger partial charge in [-0.2, -0.15) is 4.21 Å². The third kappa shape index (κ3) is 4.19. The number of esters is 1. The molecule has 0 saturated carbocycles. The van der Waals surface area contributed by atoms with Crippen molar-refractivity contribution >= 4 is 17.3 Å². The van der Waals surface area contributed by atoms with Crippen LogP contribution < -0.4 is 0 Å². The molecule has 6 heteroatoms. The van der Waals surface area contributed by atoms with E-state index in [1.54, 1.807) is 0 Å². The first-order chi connectivity index (χ1) is 7.67. The van der Waals surface area contributed by atoms with Gasteiger partial charge in [-0.25, -0.2) is 4.79 Å². The highest BCUT2D eigenvalue weighted by Gasteiger charge is 2.31. The van der Waals surface area contributed by atoms with E-state index >= 15 is 0 Å². The Morgan fingerprint density at radius 3 is 2.81 bits per heavy atom. The Morgan fingerprint density at radius 2 is 2.31 bits per heavy atom. The molecule has 5 nitrogen and oxygen atoms in total. The first-order valence-electron chi connectivity index (χ1n) is 5.56. The lowest BCUT2D eigenvalue weighted by Gasteiger charge is -2.14. The van der Waals surface area contributed by atoms with E-state index in [2.05, 4.69) is 18.0 Å². The molecule has 2 unspecified atom stereocenters. The van der Waals surface area contributed by atoms with Crippen molar-refractivity contribution in [1.82, 2.24) is 0 Å². The fraction of sp³-hybridized carbons (Fsp3) is 0.900. The summed E-state index contributed by atoms with van der Waals surface area (Å²) in [6, 6.07) is 0. The van der Waals surface area contributed by atoms with Gasteiger partial charge in [-0.3, -0.25) is 8.37 Å². The Labute approximate surface area is 98.3 Å². The summed E-state index contributed by atoms with van der Waals surface area (Å²) < 4.78 is 25.2. The van der Waals surface area contributed by atoms with E-state index in [0.717, 1.165) is 19.3 Å². The van der Waals surface area contributed by atoms with Crippen LogP contribution in [0.4, 0.5) is 0 Å². The molecular weight excluding hydrogens is 232 g/mol. The Balaban J connectivity index is 2.26. The monoisotopic (exact) mass is 250 g/mol. The van der Waals surface area contributed by atoms with Crippen molar-refractivity contribution in [2.75, 3.05) is 13.2 Å². The first kappa shape index (κ1) is 13.6. The highest BCUT2D eigenvalue weighted by Crippen LogP contribution is 2.14. The number of carbonyl (C=O) groups is 1. The average Bonchev–Trinajstić information content (AvgIpc) is 2.70. The van der Waals surface area contributed by atoms with Gasteiger partial charge in [-0.15, -0.1) is 0 Å². The third-order valence-corrected chi connectivity index (χ3v) is 3.23. The van der Waals surface area contributed by atoms with Crippen LogP contribution in [0.2, 0.25) is 0 Å². The molecule has 0 radical (unpaired) electrons. The summed E-state index contributed by atoms with van der Waals surface area (Å²) in [7, 11) is 0. The second-order valence-electron chi connectivity index (χ2n) is 3.77. The van der Waals surface area contributed by atoms with Crippen LogP contribution >= 0.6 is 0 Å². The summed E-state index contributed by atoms with van der Waals surface area (Å²) in [5.74, 6) is -0.0952. The lowest BCUT2D eigenvalue weighted by molar-refractivity contribution is -0.152. The summed E-state index contributed by atoms with van der Waals surface area (Å²) in [6.45, 7) is 4.58. The fourth-order valence-corrected chi connectivity index (χ4v) is 2.10. The maximum Gasteiger partial charge on any atom is 0.339 e. The number of hydrogen-bond donors (Lipinski definition) is 0. The predicted molar refractivity (Wildman–Crippen MR) is 58.6 cm³/mol. The molecule has 0 N–H and O–H groups in total. The van der Waals surface area contributed by atoms with E-state index in [-0.39, 0.29) is 6.61 Å². The van der Waals surface area contributed by atoms with Gasteiger partial charge in [0.1, 0.15) is 6.61 Å². The molecule has 0 aliphatic carbocycles. The van der Waals surface area contributed by atoms with Gasteiger partial charge in [0.05, 0.1) is 6.61 Å². The van der Waals surface area contributed by atoms with Crippen LogP contribution in [0.1, 0.15) is 33.1 Å². The SMILES string of the molecule is CCCC(CC)COC(=O)C1CO[S@@](=O)O1. The Hall–Kier alpha value is -0.460. The highest BCUT2D eigenvalue weighted by atomic mass is 32.2. The molecule has 0 bridgehead atoms. The van der Waals surface area contributed by atoms with Crippen LogP contribution in [0, 0.1) is 5.92 Å². The minimum absolute atomic E-state index is 0.00993. The second-order valence-corrected chi connectivity index (χ2v) is 4.60. The molecule has 0 aromatic rings. The molecule has 1 heterocycles. The Bertz CT molecular complexity index is 256. The zero-order valence-corrected chi connectivity index (χ0v) is 10.5. The van der Waals surface area contributed by atoms with Gasteiger partial charge in [-0.05, 0) is 12.3 Å². The summed E-state index contributed by atoms with van der Waals surface area (Å²) >= 11 is -1.79. The minimum atomic E-state index is -1.79. The van der Waals surface area contributed by atoms with Gasteiger partial charge in [0.15, 0.2) is 6.10 Å². The molecule has 1 aliphatic heterocycles. The van der Waals surface area contributed by atoms with Gasteiger partial charge >= 0.3 is 17.3 Å². The smallest absolute Gasteiger partial charge is 0.339 e. The lowest BCUT2D eigenvalue weighted by atomic mass is 10.0. The quantitative estimate of drug-likeness (QED) is 0.666. The minimum Gasteiger partial charge on any atom is -0.463 e. The molecule has 1 aliphatic rings. The van der Waals surface area contributed by atoms with Gasteiger partial charge in [0, 0.05) is 0 Å². The van der Waals surface area contributed by atoms with Crippen molar-refractivity contribution in [3.8, 4) is 0 Å². The van der Waals surface area contributed by atoms with Crippen LogP contribution in [0.3, 0.4) is 0 Å². The maximum atomic E-state index is 11.5. The van der Waals surface area contributed by atoms with Crippen molar-refractivity contribution < 1.29 is 22.1 Å². The Morgan fingerprint density at radius 1 is 1.56 bits per heavy atom. The standard InChI is InChI=1S/C10H18O5S/c1-3-5-8(4-2)6-13-10(11)9-7-14-16(12)15-9/h8-9H,3-7H2,1-2H3/t8?,9?,16-/m1/s1. The molecule has 0 aromatic heterocycles. The predicted octanol–water partition coefficient (Wildman–Crippen LogP) is 1.35. The molecule has 94 valence electrons. The van der Waals surface area contributed by atoms with Crippen molar-refractivity contribution in [3.63, 3.8) is 0 Å². The van der Waals surface area contributed by atoms with Gasteiger partial charge in [0.2, 0.25) is 0 Å². The highest BCUT2D eigenvalue weighted by molar-refractivity contribution is 7.75. The van der Waals surface area contributed by atoms with E-state index in [4.69, 9.17) is 8.92 Å². The average molecular weight is 250 g/mol. The van der Waals surface area contributed by atoms with Crippen LogP contribution in [0.25, 0.3) is 0 Å². The fourth-order valence-electron chi connectivity index (χ4n) is 1.48.